The molecule has 0 amide bonds. The summed E-state index contributed by atoms with van der Waals surface area (Å²) >= 11 is 9.18. The molecule has 0 radical (unpaired) electrons. The van der Waals surface area contributed by atoms with Crippen molar-refractivity contribution in [3.8, 4) is 5.69 Å². The second kappa shape index (κ2) is 4.51. The van der Waals surface area contributed by atoms with Crippen molar-refractivity contribution in [3.63, 3.8) is 0 Å². The molecular weight excluding hydrogens is 296 g/mol. The summed E-state index contributed by atoms with van der Waals surface area (Å²) in [7, 11) is 0. The molecular formula is C10H8BrClFN3. The van der Waals surface area contributed by atoms with Crippen LogP contribution in [0.2, 0.25) is 5.28 Å². The van der Waals surface area contributed by atoms with E-state index in [-0.39, 0.29) is 11.1 Å². The zero-order chi connectivity index (χ0) is 11.7. The van der Waals surface area contributed by atoms with E-state index in [1.54, 1.807) is 12.1 Å². The van der Waals surface area contributed by atoms with E-state index in [2.05, 4.69) is 26.1 Å². The molecule has 0 saturated heterocycles. The summed E-state index contributed by atoms with van der Waals surface area (Å²) in [6, 6.07) is 4.64. The molecule has 0 aliphatic heterocycles. The number of aryl methyl sites for hydroxylation is 1. The average molecular weight is 305 g/mol. The van der Waals surface area contributed by atoms with Gasteiger partial charge >= 0.3 is 0 Å². The SMILES string of the molecule is CCc1nnc(Cl)n1-c1cc(Br)ccc1F. The van der Waals surface area contributed by atoms with Gasteiger partial charge in [-0.25, -0.2) is 4.39 Å². The number of aromatic nitrogens is 3. The highest BCUT2D eigenvalue weighted by Gasteiger charge is 2.14. The highest BCUT2D eigenvalue weighted by atomic mass is 79.9. The maximum atomic E-state index is 13.7. The Kier molecular flexibility index (Phi) is 3.25. The highest BCUT2D eigenvalue weighted by Crippen LogP contribution is 2.23. The Balaban J connectivity index is 2.66. The lowest BCUT2D eigenvalue weighted by molar-refractivity contribution is 0.615. The maximum absolute atomic E-state index is 13.7. The molecule has 1 heterocycles. The second-order valence-corrected chi connectivity index (χ2v) is 4.42. The Morgan fingerprint density at radius 1 is 1.44 bits per heavy atom. The van der Waals surface area contributed by atoms with Crippen LogP contribution in [0.5, 0.6) is 0 Å². The second-order valence-electron chi connectivity index (χ2n) is 3.17. The van der Waals surface area contributed by atoms with Crippen LogP contribution < -0.4 is 0 Å². The van der Waals surface area contributed by atoms with Gasteiger partial charge in [-0.2, -0.15) is 0 Å². The van der Waals surface area contributed by atoms with Gasteiger partial charge in [-0.1, -0.05) is 22.9 Å². The summed E-state index contributed by atoms with van der Waals surface area (Å²) in [5.74, 6) is 0.265. The minimum atomic E-state index is -0.361. The third-order valence-corrected chi connectivity index (χ3v) is 2.89. The topological polar surface area (TPSA) is 30.7 Å². The minimum Gasteiger partial charge on any atom is -0.267 e. The first kappa shape index (κ1) is 11.5. The molecule has 0 unspecified atom stereocenters. The van der Waals surface area contributed by atoms with Gasteiger partial charge in [0.05, 0.1) is 5.69 Å². The molecule has 2 aromatic rings. The van der Waals surface area contributed by atoms with Gasteiger partial charge in [-0.05, 0) is 29.8 Å². The number of nitrogens with zero attached hydrogens (tertiary/aromatic N) is 3. The van der Waals surface area contributed by atoms with E-state index in [0.29, 0.717) is 17.9 Å². The molecule has 0 aliphatic rings. The number of hydrogen-bond donors (Lipinski definition) is 0. The lowest BCUT2D eigenvalue weighted by atomic mass is 10.3. The van der Waals surface area contributed by atoms with E-state index in [1.807, 2.05) is 6.92 Å². The van der Waals surface area contributed by atoms with Crippen LogP contribution in [0, 0.1) is 5.82 Å². The van der Waals surface area contributed by atoms with Crippen LogP contribution in [0.3, 0.4) is 0 Å². The predicted octanol–water partition coefficient (Wildman–Crippen LogP) is 3.38. The molecule has 0 spiro atoms. The van der Waals surface area contributed by atoms with Crippen LogP contribution in [0.4, 0.5) is 4.39 Å². The van der Waals surface area contributed by atoms with E-state index in [4.69, 9.17) is 11.6 Å². The monoisotopic (exact) mass is 303 g/mol. The van der Waals surface area contributed by atoms with Crippen molar-refractivity contribution < 1.29 is 4.39 Å². The van der Waals surface area contributed by atoms with Gasteiger partial charge in [-0.15, -0.1) is 10.2 Å². The fourth-order valence-corrected chi connectivity index (χ4v) is 1.99. The van der Waals surface area contributed by atoms with Gasteiger partial charge in [-0.3, -0.25) is 4.57 Å². The van der Waals surface area contributed by atoms with E-state index in [0.717, 1.165) is 4.47 Å². The third-order valence-electron chi connectivity index (χ3n) is 2.16. The third kappa shape index (κ3) is 1.97. The van der Waals surface area contributed by atoms with Crippen molar-refractivity contribution in [2.45, 2.75) is 13.3 Å². The number of hydrogen-bond acceptors (Lipinski definition) is 2. The number of rotatable bonds is 2. The molecule has 0 fully saturated rings. The van der Waals surface area contributed by atoms with Gasteiger partial charge < -0.3 is 0 Å². The minimum absolute atomic E-state index is 0.161. The summed E-state index contributed by atoms with van der Waals surface area (Å²) in [6.07, 6.45) is 0.631. The summed E-state index contributed by atoms with van der Waals surface area (Å²) in [6.45, 7) is 1.91. The quantitative estimate of drug-likeness (QED) is 0.851. The molecule has 3 nitrogen and oxygen atoms in total. The lowest BCUT2D eigenvalue weighted by Crippen LogP contribution is -2.03. The maximum Gasteiger partial charge on any atom is 0.229 e. The van der Waals surface area contributed by atoms with Crippen molar-refractivity contribution in [1.82, 2.24) is 14.8 Å². The van der Waals surface area contributed by atoms with Crippen LogP contribution in [-0.4, -0.2) is 14.8 Å². The fourth-order valence-electron chi connectivity index (χ4n) is 1.42. The largest absolute Gasteiger partial charge is 0.267 e. The van der Waals surface area contributed by atoms with Crippen molar-refractivity contribution in [2.24, 2.45) is 0 Å². The molecule has 0 bridgehead atoms. The van der Waals surface area contributed by atoms with Crippen LogP contribution in [0.25, 0.3) is 5.69 Å². The Morgan fingerprint density at radius 2 is 2.19 bits per heavy atom. The molecule has 0 atom stereocenters. The molecule has 2 rings (SSSR count). The van der Waals surface area contributed by atoms with Crippen LogP contribution >= 0.6 is 27.5 Å². The molecule has 0 saturated carbocycles. The first-order valence-electron chi connectivity index (χ1n) is 4.68. The zero-order valence-corrected chi connectivity index (χ0v) is 10.8. The van der Waals surface area contributed by atoms with Crippen LogP contribution in [0.15, 0.2) is 22.7 Å². The number of benzene rings is 1. The van der Waals surface area contributed by atoms with E-state index < -0.39 is 0 Å². The molecule has 16 heavy (non-hydrogen) atoms. The Morgan fingerprint density at radius 3 is 2.88 bits per heavy atom. The standard InChI is InChI=1S/C10H8BrClFN3/c1-2-9-14-15-10(12)16(9)8-5-6(11)3-4-7(8)13/h3-5H,2H2,1H3. The van der Waals surface area contributed by atoms with E-state index in [9.17, 15) is 4.39 Å². The summed E-state index contributed by atoms with van der Waals surface area (Å²) < 4.78 is 15.9. The lowest BCUT2D eigenvalue weighted by Gasteiger charge is -2.08. The van der Waals surface area contributed by atoms with Crippen molar-refractivity contribution in [3.05, 3.63) is 39.6 Å². The van der Waals surface area contributed by atoms with Crippen molar-refractivity contribution in [2.75, 3.05) is 0 Å². The summed E-state index contributed by atoms with van der Waals surface area (Å²) in [5, 5.41) is 7.77. The normalized spacial score (nSPS) is 10.8. The van der Waals surface area contributed by atoms with Gasteiger partial charge in [0, 0.05) is 10.9 Å². The first-order valence-corrected chi connectivity index (χ1v) is 5.85. The summed E-state index contributed by atoms with van der Waals surface area (Å²) in [5.41, 5.74) is 0.348. The molecule has 0 N–H and O–H groups in total. The van der Waals surface area contributed by atoms with Crippen molar-refractivity contribution >= 4 is 27.5 Å². The van der Waals surface area contributed by atoms with Crippen LogP contribution in [0.1, 0.15) is 12.7 Å². The highest BCUT2D eigenvalue weighted by molar-refractivity contribution is 9.10. The smallest absolute Gasteiger partial charge is 0.229 e. The van der Waals surface area contributed by atoms with Gasteiger partial charge in [0.2, 0.25) is 5.28 Å². The molecule has 0 aliphatic carbocycles. The Bertz CT molecular complexity index is 527. The Labute approximate surface area is 105 Å². The van der Waals surface area contributed by atoms with E-state index in [1.165, 1.54) is 10.6 Å². The van der Waals surface area contributed by atoms with E-state index >= 15 is 0 Å². The molecule has 84 valence electrons. The predicted molar refractivity (Wildman–Crippen MR) is 63.4 cm³/mol. The molecule has 6 heteroatoms. The number of halogens is 3. The van der Waals surface area contributed by atoms with Crippen molar-refractivity contribution in [1.29, 1.82) is 0 Å². The van der Waals surface area contributed by atoms with Gasteiger partial charge in [0.1, 0.15) is 11.6 Å². The fraction of sp³-hybridized carbons (Fsp3) is 0.200. The first-order chi connectivity index (χ1) is 7.63. The zero-order valence-electron chi connectivity index (χ0n) is 8.41. The molecule has 1 aromatic heterocycles. The summed E-state index contributed by atoms with van der Waals surface area (Å²) in [4.78, 5) is 0. The van der Waals surface area contributed by atoms with Gasteiger partial charge in [0.25, 0.3) is 0 Å². The Hall–Kier alpha value is -0.940. The average Bonchev–Trinajstić information content (AvgIpc) is 2.63. The van der Waals surface area contributed by atoms with Crippen LogP contribution in [-0.2, 0) is 6.42 Å². The van der Waals surface area contributed by atoms with Gasteiger partial charge in [0.15, 0.2) is 0 Å². The molecule has 1 aromatic carbocycles.